The maximum Gasteiger partial charge on any atom is 0.326 e. The molecule has 12 heteroatoms. The van der Waals surface area contributed by atoms with E-state index in [1.165, 1.54) is 7.11 Å². The third-order valence-corrected chi connectivity index (χ3v) is 11.9. The molecule has 0 saturated carbocycles. The molecule has 0 radical (unpaired) electrons. The standard InChI is InChI=1S/C43H72N4O8/c1-14-29(8)39(46(11)42(51)32(26(2)3)24-35(48)38(27(4)5)45(10)28(6)7)36(54-12)25-37(49)47-22-18-21-34(47)40(55-13)30(9)41(50)44-33(43(52)53)23-31-19-16-15-17-20-31/h15-17,19-20,26-30,32-34,36,38-40H,14,18,21-25H2,1-13H3,(H,44,50)(H,52,53)/t29?,30-,32+,33+,34+,36-,38+,39+,40-/m1/s1. The molecule has 1 heterocycles. The zero-order valence-corrected chi connectivity index (χ0v) is 35.9. The normalized spacial score (nSPS) is 19.1. The topological polar surface area (TPSA) is 146 Å². The molecule has 1 aromatic rings. The Morgan fingerprint density at radius 3 is 2.02 bits per heavy atom. The van der Waals surface area contributed by atoms with Crippen LogP contribution in [0.2, 0.25) is 0 Å². The third-order valence-electron chi connectivity index (χ3n) is 11.9. The van der Waals surface area contributed by atoms with Gasteiger partial charge in [0.1, 0.15) is 6.04 Å². The van der Waals surface area contributed by atoms with Gasteiger partial charge in [0, 0.05) is 52.6 Å². The lowest BCUT2D eigenvalue weighted by Gasteiger charge is -2.41. The largest absolute Gasteiger partial charge is 0.480 e. The van der Waals surface area contributed by atoms with E-state index in [0.29, 0.717) is 19.4 Å². The second kappa shape index (κ2) is 22.4. The SMILES string of the molecule is CCC(C)[C@@H]([C@@H](CC(=O)N1CCC[C@H]1[C@H](OC)[C@@H](C)C(=O)N[C@@H](Cc1ccccc1)C(=O)O)OC)N(C)C(=O)[C@@H](CC(=O)[C@H](C(C)C)N(C)C(C)C)C(C)C. The first-order chi connectivity index (χ1) is 25.8. The summed E-state index contributed by atoms with van der Waals surface area (Å²) in [4.78, 5) is 73.6. The van der Waals surface area contributed by atoms with E-state index in [-0.39, 0.29) is 66.7 Å². The fourth-order valence-corrected chi connectivity index (χ4v) is 8.26. The van der Waals surface area contributed by atoms with Crippen LogP contribution in [0.1, 0.15) is 100.0 Å². The van der Waals surface area contributed by atoms with Gasteiger partial charge in [-0.1, -0.05) is 85.2 Å². The van der Waals surface area contributed by atoms with Crippen molar-refractivity contribution in [3.8, 4) is 0 Å². The highest BCUT2D eigenvalue weighted by molar-refractivity contribution is 5.90. The van der Waals surface area contributed by atoms with Gasteiger partial charge in [-0.25, -0.2) is 4.79 Å². The summed E-state index contributed by atoms with van der Waals surface area (Å²) in [6, 6.07) is 7.01. The van der Waals surface area contributed by atoms with E-state index in [1.807, 2.05) is 72.0 Å². The molecule has 1 aliphatic heterocycles. The quantitative estimate of drug-likeness (QED) is 0.151. The van der Waals surface area contributed by atoms with Gasteiger partial charge in [-0.3, -0.25) is 24.1 Å². The molecule has 0 bridgehead atoms. The minimum atomic E-state index is -1.13. The van der Waals surface area contributed by atoms with E-state index in [4.69, 9.17) is 9.47 Å². The molecular formula is C43H72N4O8. The van der Waals surface area contributed by atoms with Gasteiger partial charge >= 0.3 is 5.97 Å². The zero-order valence-electron chi connectivity index (χ0n) is 35.9. The average Bonchev–Trinajstić information content (AvgIpc) is 3.62. The van der Waals surface area contributed by atoms with Crippen molar-refractivity contribution >= 4 is 29.5 Å². The molecule has 55 heavy (non-hydrogen) atoms. The van der Waals surface area contributed by atoms with Crippen LogP contribution in [-0.4, -0.2) is 127 Å². The number of carbonyl (C=O) groups is 5. The van der Waals surface area contributed by atoms with Gasteiger partial charge in [0.15, 0.2) is 5.78 Å². The molecule has 1 unspecified atom stereocenters. The number of benzene rings is 1. The van der Waals surface area contributed by atoms with Crippen molar-refractivity contribution in [2.45, 2.75) is 143 Å². The van der Waals surface area contributed by atoms with Crippen LogP contribution < -0.4 is 5.32 Å². The highest BCUT2D eigenvalue weighted by Gasteiger charge is 2.43. The van der Waals surface area contributed by atoms with Gasteiger partial charge in [0.2, 0.25) is 17.7 Å². The Kier molecular flexibility index (Phi) is 19.5. The average molecular weight is 773 g/mol. The van der Waals surface area contributed by atoms with Gasteiger partial charge < -0.3 is 29.7 Å². The number of nitrogens with zero attached hydrogens (tertiary/aromatic N) is 3. The maximum absolute atomic E-state index is 14.4. The summed E-state index contributed by atoms with van der Waals surface area (Å²) in [5, 5.41) is 12.6. The summed E-state index contributed by atoms with van der Waals surface area (Å²) in [6.45, 7) is 18.4. The summed E-state index contributed by atoms with van der Waals surface area (Å²) in [7, 11) is 6.79. The Bertz CT molecular complexity index is 1390. The number of nitrogens with one attached hydrogen (secondary N) is 1. The van der Waals surface area contributed by atoms with Crippen molar-refractivity contribution in [2.24, 2.45) is 29.6 Å². The second-order valence-electron chi connectivity index (χ2n) is 16.6. The van der Waals surface area contributed by atoms with E-state index in [9.17, 15) is 29.1 Å². The number of carbonyl (C=O) groups excluding carboxylic acids is 4. The predicted octanol–water partition coefficient (Wildman–Crippen LogP) is 5.32. The van der Waals surface area contributed by atoms with Crippen molar-refractivity contribution in [1.82, 2.24) is 20.0 Å². The van der Waals surface area contributed by atoms with Gasteiger partial charge in [-0.15, -0.1) is 0 Å². The molecule has 1 fully saturated rings. The van der Waals surface area contributed by atoms with Crippen molar-refractivity contribution in [1.29, 1.82) is 0 Å². The molecule has 3 amide bonds. The number of aliphatic carboxylic acids is 1. The monoisotopic (exact) mass is 773 g/mol. The lowest BCUT2D eigenvalue weighted by atomic mass is 9.83. The van der Waals surface area contributed by atoms with Crippen LogP contribution in [0.3, 0.4) is 0 Å². The summed E-state index contributed by atoms with van der Waals surface area (Å²) in [6.07, 6.45) is 1.03. The molecule has 12 nitrogen and oxygen atoms in total. The minimum absolute atomic E-state index is 0.00862. The highest BCUT2D eigenvalue weighted by atomic mass is 16.5. The third kappa shape index (κ3) is 12.8. The Hall–Kier alpha value is -3.35. The number of hydrogen-bond donors (Lipinski definition) is 2. The van der Waals surface area contributed by atoms with E-state index in [2.05, 4.69) is 31.0 Å². The Morgan fingerprint density at radius 2 is 1.53 bits per heavy atom. The smallest absolute Gasteiger partial charge is 0.326 e. The number of hydrogen-bond acceptors (Lipinski definition) is 8. The van der Waals surface area contributed by atoms with Crippen molar-refractivity contribution < 1.29 is 38.6 Å². The van der Waals surface area contributed by atoms with Gasteiger partial charge in [-0.05, 0) is 57.1 Å². The molecule has 0 aromatic heterocycles. The van der Waals surface area contributed by atoms with Crippen LogP contribution in [0, 0.1) is 29.6 Å². The summed E-state index contributed by atoms with van der Waals surface area (Å²) in [5.74, 6) is -3.16. The van der Waals surface area contributed by atoms with Crippen LogP contribution in [0.4, 0.5) is 0 Å². The van der Waals surface area contributed by atoms with E-state index < -0.39 is 54.0 Å². The van der Waals surface area contributed by atoms with Crippen LogP contribution in [0.15, 0.2) is 30.3 Å². The number of carboxylic acids is 1. The van der Waals surface area contributed by atoms with E-state index in [1.54, 1.807) is 30.9 Å². The first-order valence-electron chi connectivity index (χ1n) is 20.3. The number of amides is 3. The Morgan fingerprint density at radius 1 is 0.909 bits per heavy atom. The minimum Gasteiger partial charge on any atom is -0.480 e. The van der Waals surface area contributed by atoms with Crippen molar-refractivity contribution in [2.75, 3.05) is 34.9 Å². The van der Waals surface area contributed by atoms with Gasteiger partial charge in [-0.2, -0.15) is 0 Å². The molecule has 0 spiro atoms. The highest BCUT2D eigenvalue weighted by Crippen LogP contribution is 2.31. The first-order valence-corrected chi connectivity index (χ1v) is 20.3. The molecule has 2 rings (SSSR count). The van der Waals surface area contributed by atoms with Crippen molar-refractivity contribution in [3.63, 3.8) is 0 Å². The summed E-state index contributed by atoms with van der Waals surface area (Å²) in [5.41, 5.74) is 0.789. The molecule has 1 aromatic carbocycles. The number of ketones is 1. The molecular weight excluding hydrogens is 700 g/mol. The second-order valence-corrected chi connectivity index (χ2v) is 16.6. The molecule has 1 aliphatic rings. The fraction of sp³-hybridized carbons (Fsp3) is 0.744. The number of carboxylic acid groups (broad SMARTS) is 1. The zero-order chi connectivity index (χ0) is 41.7. The summed E-state index contributed by atoms with van der Waals surface area (Å²) >= 11 is 0. The predicted molar refractivity (Wildman–Crippen MR) is 215 cm³/mol. The molecule has 0 aliphatic carbocycles. The Balaban J connectivity index is 2.29. The molecule has 1 saturated heterocycles. The lowest BCUT2D eigenvalue weighted by Crippen LogP contribution is -2.55. The number of ether oxygens (including phenoxy) is 2. The van der Waals surface area contributed by atoms with E-state index in [0.717, 1.165) is 12.0 Å². The van der Waals surface area contributed by atoms with E-state index >= 15 is 0 Å². The van der Waals surface area contributed by atoms with Crippen LogP contribution >= 0.6 is 0 Å². The maximum atomic E-state index is 14.4. The van der Waals surface area contributed by atoms with Gasteiger partial charge in [0.05, 0.1) is 42.7 Å². The number of likely N-dealkylation sites (N-methyl/N-ethyl adjacent to an activating group) is 2. The number of methoxy groups -OCH3 is 2. The number of likely N-dealkylation sites (tertiary alicyclic amines) is 1. The van der Waals surface area contributed by atoms with Crippen LogP contribution in [0.5, 0.6) is 0 Å². The number of rotatable bonds is 23. The first kappa shape index (κ1) is 47.8. The number of Topliss-reactive ketones (excluding diaryl/α,β-unsaturated/α-hetero) is 1. The molecule has 9 atom stereocenters. The van der Waals surface area contributed by atoms with Crippen molar-refractivity contribution in [3.05, 3.63) is 35.9 Å². The van der Waals surface area contributed by atoms with Gasteiger partial charge in [0.25, 0.3) is 0 Å². The molecule has 312 valence electrons. The van der Waals surface area contributed by atoms with Crippen LogP contribution in [0.25, 0.3) is 0 Å². The summed E-state index contributed by atoms with van der Waals surface area (Å²) < 4.78 is 11.9. The molecule has 2 N–H and O–H groups in total. The Labute approximate surface area is 331 Å². The fourth-order valence-electron chi connectivity index (χ4n) is 8.26. The van der Waals surface area contributed by atoms with Crippen LogP contribution in [-0.2, 0) is 39.9 Å². The lowest BCUT2D eigenvalue weighted by molar-refractivity contribution is -0.149.